The summed E-state index contributed by atoms with van der Waals surface area (Å²) in [5.74, 6) is 0.184. The first-order valence-corrected chi connectivity index (χ1v) is 7.53. The SMILES string of the molecule is CC(=O)N(OCCc1ccc(Br)cc1)c1ccc(Cl)cn1. The smallest absolute Gasteiger partial charge is 0.249 e. The minimum Gasteiger partial charge on any atom is -0.272 e. The number of rotatable bonds is 5. The van der Waals surface area contributed by atoms with Gasteiger partial charge in [-0.05, 0) is 36.2 Å². The van der Waals surface area contributed by atoms with Crippen LogP contribution < -0.4 is 5.06 Å². The van der Waals surface area contributed by atoms with Gasteiger partial charge in [0.15, 0.2) is 5.82 Å². The Labute approximate surface area is 136 Å². The summed E-state index contributed by atoms with van der Waals surface area (Å²) in [5.41, 5.74) is 1.13. The van der Waals surface area contributed by atoms with Gasteiger partial charge in [0.1, 0.15) is 0 Å². The van der Waals surface area contributed by atoms with Crippen molar-refractivity contribution in [2.75, 3.05) is 11.7 Å². The van der Waals surface area contributed by atoms with Crippen LogP contribution >= 0.6 is 27.5 Å². The van der Waals surface area contributed by atoms with Gasteiger partial charge in [-0.1, -0.05) is 39.7 Å². The Morgan fingerprint density at radius 2 is 2.00 bits per heavy atom. The molecule has 0 fully saturated rings. The topological polar surface area (TPSA) is 42.4 Å². The van der Waals surface area contributed by atoms with Gasteiger partial charge in [0.25, 0.3) is 0 Å². The molecule has 0 spiro atoms. The summed E-state index contributed by atoms with van der Waals surface area (Å²) >= 11 is 9.17. The van der Waals surface area contributed by atoms with Crippen LogP contribution in [0.5, 0.6) is 0 Å². The number of hydrogen-bond acceptors (Lipinski definition) is 3. The molecule has 0 saturated carbocycles. The van der Waals surface area contributed by atoms with Crippen molar-refractivity contribution in [2.24, 2.45) is 0 Å². The fraction of sp³-hybridized carbons (Fsp3) is 0.200. The molecule has 1 aromatic heterocycles. The monoisotopic (exact) mass is 368 g/mol. The summed E-state index contributed by atoms with van der Waals surface area (Å²) < 4.78 is 1.03. The van der Waals surface area contributed by atoms with Crippen LogP contribution in [0.3, 0.4) is 0 Å². The Morgan fingerprint density at radius 1 is 1.29 bits per heavy atom. The maximum Gasteiger partial charge on any atom is 0.249 e. The fourth-order valence-electron chi connectivity index (χ4n) is 1.71. The van der Waals surface area contributed by atoms with Gasteiger partial charge >= 0.3 is 0 Å². The summed E-state index contributed by atoms with van der Waals surface area (Å²) in [4.78, 5) is 21.2. The van der Waals surface area contributed by atoms with Crippen molar-refractivity contribution in [1.29, 1.82) is 0 Å². The third kappa shape index (κ3) is 4.81. The Morgan fingerprint density at radius 3 is 2.57 bits per heavy atom. The van der Waals surface area contributed by atoms with Crippen molar-refractivity contribution >= 4 is 39.3 Å². The van der Waals surface area contributed by atoms with E-state index < -0.39 is 0 Å². The van der Waals surface area contributed by atoms with Crippen LogP contribution in [-0.2, 0) is 16.1 Å². The maximum absolute atomic E-state index is 11.6. The highest BCUT2D eigenvalue weighted by Crippen LogP contribution is 2.16. The highest BCUT2D eigenvalue weighted by atomic mass is 79.9. The van der Waals surface area contributed by atoms with Gasteiger partial charge in [0, 0.05) is 17.6 Å². The molecule has 2 aromatic rings. The van der Waals surface area contributed by atoms with Crippen molar-refractivity contribution in [3.05, 3.63) is 57.7 Å². The van der Waals surface area contributed by atoms with Crippen LogP contribution in [0.4, 0.5) is 5.82 Å². The molecule has 21 heavy (non-hydrogen) atoms. The third-order valence-corrected chi connectivity index (χ3v) is 3.48. The fourth-order valence-corrected chi connectivity index (χ4v) is 2.09. The molecule has 0 unspecified atom stereocenters. The van der Waals surface area contributed by atoms with Crippen LogP contribution in [0.15, 0.2) is 47.1 Å². The Kier molecular flexibility index (Phi) is 5.73. The molecule has 0 atom stereocenters. The van der Waals surface area contributed by atoms with Gasteiger partial charge < -0.3 is 0 Å². The molecule has 1 amide bonds. The first-order chi connectivity index (χ1) is 10.1. The van der Waals surface area contributed by atoms with E-state index in [0.717, 1.165) is 10.0 Å². The van der Waals surface area contributed by atoms with E-state index in [9.17, 15) is 4.79 Å². The van der Waals surface area contributed by atoms with Gasteiger partial charge in [-0.2, -0.15) is 5.06 Å². The predicted octanol–water partition coefficient (Wildman–Crippen LogP) is 4.02. The Hall–Kier alpha value is -1.43. The Bertz CT molecular complexity index is 602. The average Bonchev–Trinajstić information content (AvgIpc) is 2.46. The number of halogens is 2. The van der Waals surface area contributed by atoms with Gasteiger partial charge in [-0.3, -0.25) is 9.63 Å². The first-order valence-electron chi connectivity index (χ1n) is 6.36. The molecule has 6 heteroatoms. The maximum atomic E-state index is 11.6. The van der Waals surface area contributed by atoms with Crippen molar-refractivity contribution in [1.82, 2.24) is 4.98 Å². The van der Waals surface area contributed by atoms with E-state index >= 15 is 0 Å². The first kappa shape index (κ1) is 15.9. The Balaban J connectivity index is 1.96. The van der Waals surface area contributed by atoms with E-state index in [1.165, 1.54) is 18.2 Å². The molecule has 0 saturated heterocycles. The van der Waals surface area contributed by atoms with E-state index in [-0.39, 0.29) is 5.91 Å². The zero-order valence-electron chi connectivity index (χ0n) is 11.4. The summed E-state index contributed by atoms with van der Waals surface area (Å²) in [6.45, 7) is 1.81. The second-order valence-electron chi connectivity index (χ2n) is 4.36. The number of carbonyl (C=O) groups is 1. The van der Waals surface area contributed by atoms with Crippen LogP contribution in [0.25, 0.3) is 0 Å². The molecule has 0 aliphatic rings. The number of hydrogen-bond donors (Lipinski definition) is 0. The molecule has 0 aliphatic carbocycles. The number of anilines is 1. The van der Waals surface area contributed by atoms with Crippen molar-refractivity contribution in [3.63, 3.8) is 0 Å². The number of hydroxylamine groups is 1. The van der Waals surface area contributed by atoms with Crippen LogP contribution in [0.1, 0.15) is 12.5 Å². The summed E-state index contributed by atoms with van der Waals surface area (Å²) in [6.07, 6.45) is 2.18. The summed E-state index contributed by atoms with van der Waals surface area (Å²) in [5, 5.41) is 1.69. The molecule has 110 valence electrons. The van der Waals surface area contributed by atoms with Crippen molar-refractivity contribution in [3.8, 4) is 0 Å². The molecule has 0 bridgehead atoms. The molecular weight excluding hydrogens is 356 g/mol. The lowest BCUT2D eigenvalue weighted by molar-refractivity contribution is -0.123. The zero-order valence-corrected chi connectivity index (χ0v) is 13.8. The molecule has 4 nitrogen and oxygen atoms in total. The number of aromatic nitrogens is 1. The molecule has 0 radical (unpaired) electrons. The highest BCUT2D eigenvalue weighted by Gasteiger charge is 2.13. The van der Waals surface area contributed by atoms with Gasteiger partial charge in [-0.25, -0.2) is 4.98 Å². The lowest BCUT2D eigenvalue weighted by atomic mass is 10.2. The van der Waals surface area contributed by atoms with E-state index in [0.29, 0.717) is 23.9 Å². The van der Waals surface area contributed by atoms with Crippen LogP contribution in [0.2, 0.25) is 5.02 Å². The lowest BCUT2D eigenvalue weighted by Gasteiger charge is -2.19. The zero-order chi connectivity index (χ0) is 15.2. The molecular formula is C15H14BrClN2O2. The molecule has 0 N–H and O–H groups in total. The van der Waals surface area contributed by atoms with E-state index in [1.54, 1.807) is 12.1 Å². The van der Waals surface area contributed by atoms with Crippen LogP contribution in [0, 0.1) is 0 Å². The third-order valence-electron chi connectivity index (χ3n) is 2.73. The number of amides is 1. The van der Waals surface area contributed by atoms with Crippen LogP contribution in [-0.4, -0.2) is 17.5 Å². The summed E-state index contributed by atoms with van der Waals surface area (Å²) in [7, 11) is 0. The number of pyridine rings is 1. The minimum atomic E-state index is -0.236. The molecule has 2 rings (SSSR count). The predicted molar refractivity (Wildman–Crippen MR) is 86.2 cm³/mol. The molecule has 1 aromatic carbocycles. The number of nitrogens with zero attached hydrogens (tertiary/aromatic N) is 2. The van der Waals surface area contributed by atoms with E-state index in [2.05, 4.69) is 20.9 Å². The van der Waals surface area contributed by atoms with Gasteiger partial charge in [0.05, 0.1) is 11.6 Å². The van der Waals surface area contributed by atoms with Gasteiger partial charge in [-0.15, -0.1) is 0 Å². The standard InChI is InChI=1S/C15H14BrClN2O2/c1-11(20)19(15-7-6-14(17)10-18-15)21-9-8-12-2-4-13(16)5-3-12/h2-7,10H,8-9H2,1H3. The van der Waals surface area contributed by atoms with Gasteiger partial charge in [0.2, 0.25) is 5.91 Å². The van der Waals surface area contributed by atoms with E-state index in [1.807, 2.05) is 24.3 Å². The number of carbonyl (C=O) groups excluding carboxylic acids is 1. The largest absolute Gasteiger partial charge is 0.272 e. The number of benzene rings is 1. The second kappa shape index (κ2) is 7.54. The van der Waals surface area contributed by atoms with E-state index in [4.69, 9.17) is 16.4 Å². The van der Waals surface area contributed by atoms with Crippen molar-refractivity contribution in [2.45, 2.75) is 13.3 Å². The summed E-state index contributed by atoms with van der Waals surface area (Å²) in [6, 6.07) is 11.3. The quantitative estimate of drug-likeness (QED) is 0.747. The molecule has 0 aliphatic heterocycles. The minimum absolute atomic E-state index is 0.236. The molecule has 1 heterocycles. The normalized spacial score (nSPS) is 10.4. The van der Waals surface area contributed by atoms with Crippen molar-refractivity contribution < 1.29 is 9.63 Å². The second-order valence-corrected chi connectivity index (χ2v) is 5.71. The highest BCUT2D eigenvalue weighted by molar-refractivity contribution is 9.10. The lowest BCUT2D eigenvalue weighted by Crippen LogP contribution is -2.30. The average molecular weight is 370 g/mol.